The number of amides is 1. The predicted octanol–water partition coefficient (Wildman–Crippen LogP) is 1.25. The third-order valence-corrected chi connectivity index (χ3v) is 4.29. The van der Waals surface area contributed by atoms with Crippen molar-refractivity contribution in [1.29, 1.82) is 0 Å². The van der Waals surface area contributed by atoms with E-state index in [1.165, 1.54) is 18.9 Å². The van der Waals surface area contributed by atoms with Crippen molar-refractivity contribution in [1.82, 2.24) is 14.8 Å². The number of pyridine rings is 1. The van der Waals surface area contributed by atoms with E-state index in [1.54, 1.807) is 12.3 Å². The van der Waals surface area contributed by atoms with E-state index in [0.717, 1.165) is 25.2 Å². The number of aryl methyl sites for hydroxylation is 1. The first-order chi connectivity index (χ1) is 10.1. The number of aromatic nitrogens is 1. The Bertz CT molecular complexity index is 506. The molecule has 0 spiro atoms. The van der Waals surface area contributed by atoms with Crippen LogP contribution in [-0.2, 0) is 11.2 Å². The minimum Gasteiger partial charge on any atom is -0.344 e. The average molecular weight is 291 g/mol. The predicted molar refractivity (Wildman–Crippen MR) is 83.3 cm³/mol. The summed E-state index contributed by atoms with van der Waals surface area (Å²) >= 11 is 0. The van der Waals surface area contributed by atoms with Crippen molar-refractivity contribution in [3.05, 3.63) is 34.2 Å². The molecule has 116 valence electrons. The van der Waals surface area contributed by atoms with Crippen LogP contribution in [0.25, 0.3) is 0 Å². The van der Waals surface area contributed by atoms with Crippen LogP contribution in [0.1, 0.15) is 31.7 Å². The lowest BCUT2D eigenvalue weighted by Gasteiger charge is -2.27. The number of rotatable bonds is 6. The molecule has 0 saturated carbocycles. The third-order valence-electron chi connectivity index (χ3n) is 4.29. The first kappa shape index (κ1) is 15.8. The standard InChI is InChI=1S/C16H25N3O2/c1-3-19-10-4-5-14(19)12-18(2)16(21)9-7-13-6-8-15(20)17-11-13/h6,8,11,14H,3-5,7,9-10,12H2,1-2H3,(H,17,20). The van der Waals surface area contributed by atoms with Crippen molar-refractivity contribution in [2.24, 2.45) is 0 Å². The van der Waals surface area contributed by atoms with Crippen LogP contribution in [0.5, 0.6) is 0 Å². The molecule has 2 heterocycles. The van der Waals surface area contributed by atoms with E-state index >= 15 is 0 Å². The summed E-state index contributed by atoms with van der Waals surface area (Å²) in [7, 11) is 1.89. The number of carbonyl (C=O) groups excluding carboxylic acids is 1. The highest BCUT2D eigenvalue weighted by atomic mass is 16.2. The average Bonchev–Trinajstić information content (AvgIpc) is 2.93. The molecule has 1 aromatic rings. The Labute approximate surface area is 126 Å². The molecule has 1 N–H and O–H groups in total. The van der Waals surface area contributed by atoms with Crippen molar-refractivity contribution >= 4 is 5.91 Å². The molecule has 5 heteroatoms. The van der Waals surface area contributed by atoms with Gasteiger partial charge >= 0.3 is 0 Å². The van der Waals surface area contributed by atoms with E-state index in [9.17, 15) is 9.59 Å². The van der Waals surface area contributed by atoms with Crippen LogP contribution in [0, 0.1) is 0 Å². The summed E-state index contributed by atoms with van der Waals surface area (Å²) in [5, 5.41) is 0. The lowest BCUT2D eigenvalue weighted by Crippen LogP contribution is -2.41. The van der Waals surface area contributed by atoms with Gasteiger partial charge in [0.15, 0.2) is 0 Å². The Morgan fingerprint density at radius 1 is 1.48 bits per heavy atom. The highest BCUT2D eigenvalue weighted by Crippen LogP contribution is 2.17. The molecule has 1 saturated heterocycles. The number of H-pyrrole nitrogens is 1. The third kappa shape index (κ3) is 4.43. The smallest absolute Gasteiger partial charge is 0.247 e. The lowest BCUT2D eigenvalue weighted by molar-refractivity contribution is -0.130. The molecular formula is C16H25N3O2. The Balaban J connectivity index is 1.79. The number of likely N-dealkylation sites (N-methyl/N-ethyl adjacent to an activating group) is 2. The fraction of sp³-hybridized carbons (Fsp3) is 0.625. The molecule has 1 aromatic heterocycles. The van der Waals surface area contributed by atoms with Crippen LogP contribution in [0.2, 0.25) is 0 Å². The normalized spacial score (nSPS) is 18.9. The summed E-state index contributed by atoms with van der Waals surface area (Å²) in [6.07, 6.45) is 5.26. The summed E-state index contributed by atoms with van der Waals surface area (Å²) in [6.45, 7) is 5.21. The van der Waals surface area contributed by atoms with E-state index in [2.05, 4.69) is 16.8 Å². The minimum absolute atomic E-state index is 0.108. The van der Waals surface area contributed by atoms with Crippen LogP contribution in [0.15, 0.2) is 23.1 Å². The highest BCUT2D eigenvalue weighted by Gasteiger charge is 2.25. The number of aromatic amines is 1. The van der Waals surface area contributed by atoms with Crippen LogP contribution < -0.4 is 5.56 Å². The Kier molecular flexibility index (Phi) is 5.56. The van der Waals surface area contributed by atoms with Gasteiger partial charge in [-0.1, -0.05) is 13.0 Å². The zero-order chi connectivity index (χ0) is 15.2. The maximum Gasteiger partial charge on any atom is 0.247 e. The maximum atomic E-state index is 12.2. The number of likely N-dealkylation sites (tertiary alicyclic amines) is 1. The largest absolute Gasteiger partial charge is 0.344 e. The SMILES string of the molecule is CCN1CCCC1CN(C)C(=O)CCc1ccc(=O)[nH]c1. The van der Waals surface area contributed by atoms with Gasteiger partial charge in [-0.05, 0) is 37.9 Å². The molecule has 0 radical (unpaired) electrons. The van der Waals surface area contributed by atoms with E-state index in [1.807, 2.05) is 11.9 Å². The van der Waals surface area contributed by atoms with Gasteiger partial charge in [0.05, 0.1) is 0 Å². The van der Waals surface area contributed by atoms with Gasteiger partial charge in [-0.2, -0.15) is 0 Å². The Hall–Kier alpha value is -1.62. The van der Waals surface area contributed by atoms with Crippen molar-refractivity contribution < 1.29 is 4.79 Å². The number of hydrogen-bond acceptors (Lipinski definition) is 3. The van der Waals surface area contributed by atoms with Crippen LogP contribution >= 0.6 is 0 Å². The second-order valence-electron chi connectivity index (χ2n) is 5.76. The van der Waals surface area contributed by atoms with Gasteiger partial charge in [-0.3, -0.25) is 14.5 Å². The second kappa shape index (κ2) is 7.41. The van der Waals surface area contributed by atoms with Gasteiger partial charge < -0.3 is 9.88 Å². The van der Waals surface area contributed by atoms with Gasteiger partial charge in [-0.15, -0.1) is 0 Å². The fourth-order valence-electron chi connectivity index (χ4n) is 2.98. The van der Waals surface area contributed by atoms with Gasteiger partial charge in [-0.25, -0.2) is 0 Å². The Morgan fingerprint density at radius 2 is 2.29 bits per heavy atom. The Morgan fingerprint density at radius 3 is 2.95 bits per heavy atom. The van der Waals surface area contributed by atoms with Crippen LogP contribution in [-0.4, -0.2) is 53.4 Å². The number of hydrogen-bond donors (Lipinski definition) is 1. The van der Waals surface area contributed by atoms with E-state index < -0.39 is 0 Å². The van der Waals surface area contributed by atoms with Crippen molar-refractivity contribution in [3.63, 3.8) is 0 Å². The van der Waals surface area contributed by atoms with Crippen molar-refractivity contribution in [2.75, 3.05) is 26.7 Å². The molecule has 2 rings (SSSR count). The first-order valence-electron chi connectivity index (χ1n) is 7.75. The van der Waals surface area contributed by atoms with Crippen molar-refractivity contribution in [3.8, 4) is 0 Å². The highest BCUT2D eigenvalue weighted by molar-refractivity contribution is 5.76. The van der Waals surface area contributed by atoms with E-state index in [4.69, 9.17) is 0 Å². The quantitative estimate of drug-likeness (QED) is 0.858. The molecule has 5 nitrogen and oxygen atoms in total. The van der Waals surface area contributed by atoms with Gasteiger partial charge in [0.2, 0.25) is 11.5 Å². The van der Waals surface area contributed by atoms with Crippen molar-refractivity contribution in [2.45, 2.75) is 38.6 Å². The molecule has 1 fully saturated rings. The molecule has 1 atom stereocenters. The van der Waals surface area contributed by atoms with E-state index in [0.29, 0.717) is 18.9 Å². The molecule has 0 bridgehead atoms. The molecule has 1 amide bonds. The molecule has 1 aliphatic rings. The molecular weight excluding hydrogens is 266 g/mol. The van der Waals surface area contributed by atoms with E-state index in [-0.39, 0.29) is 11.5 Å². The molecule has 1 unspecified atom stereocenters. The topological polar surface area (TPSA) is 56.4 Å². The van der Waals surface area contributed by atoms with Crippen LogP contribution in [0.3, 0.4) is 0 Å². The summed E-state index contributed by atoms with van der Waals surface area (Å²) in [6, 6.07) is 3.79. The van der Waals surface area contributed by atoms with Gasteiger partial charge in [0.1, 0.15) is 0 Å². The zero-order valence-corrected chi connectivity index (χ0v) is 13.0. The summed E-state index contributed by atoms with van der Waals surface area (Å²) in [5.41, 5.74) is 0.885. The fourth-order valence-corrected chi connectivity index (χ4v) is 2.98. The molecule has 1 aliphatic heterocycles. The molecule has 0 aliphatic carbocycles. The lowest BCUT2D eigenvalue weighted by atomic mass is 10.1. The summed E-state index contributed by atoms with van der Waals surface area (Å²) < 4.78 is 0. The maximum absolute atomic E-state index is 12.2. The zero-order valence-electron chi connectivity index (χ0n) is 13.0. The number of nitrogens with one attached hydrogen (secondary N) is 1. The molecule has 21 heavy (non-hydrogen) atoms. The number of nitrogens with zero attached hydrogens (tertiary/aromatic N) is 2. The second-order valence-corrected chi connectivity index (χ2v) is 5.76. The summed E-state index contributed by atoms with van der Waals surface area (Å²) in [4.78, 5) is 30.1. The van der Waals surface area contributed by atoms with Gasteiger partial charge in [0.25, 0.3) is 0 Å². The monoisotopic (exact) mass is 291 g/mol. The summed E-state index contributed by atoms with van der Waals surface area (Å²) in [5.74, 6) is 0.171. The number of carbonyl (C=O) groups is 1. The van der Waals surface area contributed by atoms with Gasteiger partial charge in [0, 0.05) is 38.3 Å². The minimum atomic E-state index is -0.108. The molecule has 0 aromatic carbocycles. The van der Waals surface area contributed by atoms with Crippen LogP contribution in [0.4, 0.5) is 0 Å². The first-order valence-corrected chi connectivity index (χ1v) is 7.75.